The third kappa shape index (κ3) is 3.11. The van der Waals surface area contributed by atoms with Crippen molar-refractivity contribution in [2.75, 3.05) is 0 Å². The maximum atomic E-state index is 13.5. The van der Waals surface area contributed by atoms with Gasteiger partial charge in [0.15, 0.2) is 5.78 Å². The molecule has 0 saturated carbocycles. The van der Waals surface area contributed by atoms with Gasteiger partial charge in [-0.1, -0.05) is 42.5 Å². The zero-order chi connectivity index (χ0) is 28.9. The van der Waals surface area contributed by atoms with Crippen LogP contribution in [-0.2, 0) is 0 Å². The molecule has 0 bridgehead atoms. The van der Waals surface area contributed by atoms with E-state index in [-0.39, 0.29) is 28.5 Å². The van der Waals surface area contributed by atoms with E-state index in [0.29, 0.717) is 49.7 Å². The lowest BCUT2D eigenvalue weighted by Gasteiger charge is -2.23. The van der Waals surface area contributed by atoms with Crippen molar-refractivity contribution >= 4 is 44.5 Å². The molecule has 2 aliphatic carbocycles. The van der Waals surface area contributed by atoms with E-state index in [9.17, 15) is 29.8 Å². The van der Waals surface area contributed by atoms with E-state index >= 15 is 0 Å². The highest BCUT2D eigenvalue weighted by atomic mass is 16.6. The summed E-state index contributed by atoms with van der Waals surface area (Å²) in [5.74, 6) is -0.565. The normalized spacial score (nSPS) is 12.8. The van der Waals surface area contributed by atoms with E-state index in [0.717, 1.165) is 21.9 Å². The number of nitro groups is 2. The number of carbonyl (C=O) groups is 2. The molecule has 0 heterocycles. The van der Waals surface area contributed by atoms with Gasteiger partial charge in [-0.15, -0.1) is 0 Å². The first kappa shape index (κ1) is 23.8. The maximum absolute atomic E-state index is 13.5. The summed E-state index contributed by atoms with van der Waals surface area (Å²) >= 11 is 0. The lowest BCUT2D eigenvalue weighted by Crippen LogP contribution is -2.12. The second-order valence-electron chi connectivity index (χ2n) is 10.5. The Bertz CT molecular complexity index is 2300. The standard InChI is InChI=1S/C34H16N2O6/c37-33-24-10-9-21(35(39)40)16-26(24)28-15-19(12-17-4-3-7-25(33)30(17)28)20-13-18-8-11-29(36(41)42)32-31(18)27(14-20)22-5-1-2-6-23(22)34(32)38/h1-16H. The van der Waals surface area contributed by atoms with Crippen LogP contribution < -0.4 is 0 Å². The van der Waals surface area contributed by atoms with Crippen molar-refractivity contribution in [3.05, 3.63) is 140 Å². The molecule has 0 saturated heterocycles. The molecule has 8 heteroatoms. The number of carbonyl (C=O) groups excluding carboxylic acids is 2. The third-order valence-corrected chi connectivity index (χ3v) is 8.28. The fourth-order valence-corrected chi connectivity index (χ4v) is 6.47. The van der Waals surface area contributed by atoms with Gasteiger partial charge in [-0.05, 0) is 75.0 Å². The van der Waals surface area contributed by atoms with Gasteiger partial charge in [0.2, 0.25) is 5.78 Å². The molecule has 8 rings (SSSR count). The lowest BCUT2D eigenvalue weighted by atomic mass is 9.79. The first-order valence-corrected chi connectivity index (χ1v) is 13.1. The van der Waals surface area contributed by atoms with Gasteiger partial charge in [0.1, 0.15) is 5.56 Å². The summed E-state index contributed by atoms with van der Waals surface area (Å²) in [4.78, 5) is 49.4. The molecule has 6 aromatic rings. The van der Waals surface area contributed by atoms with Crippen LogP contribution in [0.15, 0.2) is 97.1 Å². The van der Waals surface area contributed by atoms with Crippen LogP contribution in [0.2, 0.25) is 0 Å². The van der Waals surface area contributed by atoms with Crippen LogP contribution in [0.3, 0.4) is 0 Å². The minimum absolute atomic E-state index is 0.0794. The van der Waals surface area contributed by atoms with E-state index in [1.165, 1.54) is 24.3 Å². The zero-order valence-electron chi connectivity index (χ0n) is 21.6. The van der Waals surface area contributed by atoms with Crippen LogP contribution in [0.4, 0.5) is 11.4 Å². The Morgan fingerprint density at radius 1 is 0.476 bits per heavy atom. The van der Waals surface area contributed by atoms with Crippen molar-refractivity contribution in [1.29, 1.82) is 0 Å². The monoisotopic (exact) mass is 548 g/mol. The second-order valence-corrected chi connectivity index (χ2v) is 10.5. The average Bonchev–Trinajstić information content (AvgIpc) is 3.01. The highest BCUT2D eigenvalue weighted by molar-refractivity contribution is 6.29. The van der Waals surface area contributed by atoms with E-state index in [1.807, 2.05) is 48.5 Å². The molecule has 0 amide bonds. The Morgan fingerprint density at radius 3 is 1.83 bits per heavy atom. The molecular weight excluding hydrogens is 532 g/mol. The van der Waals surface area contributed by atoms with Gasteiger partial charge in [0, 0.05) is 51.2 Å². The number of fused-ring (bicyclic) bond motifs is 4. The fourth-order valence-electron chi connectivity index (χ4n) is 6.47. The molecule has 0 radical (unpaired) electrons. The summed E-state index contributed by atoms with van der Waals surface area (Å²) in [7, 11) is 0. The smallest absolute Gasteiger partial charge is 0.281 e. The summed E-state index contributed by atoms with van der Waals surface area (Å²) < 4.78 is 0. The van der Waals surface area contributed by atoms with E-state index < -0.39 is 9.85 Å². The van der Waals surface area contributed by atoms with Crippen molar-refractivity contribution < 1.29 is 19.4 Å². The summed E-state index contributed by atoms with van der Waals surface area (Å²) in [6.07, 6.45) is 0. The fraction of sp³-hybridized carbons (Fsp3) is 0. The molecule has 0 atom stereocenters. The highest BCUT2D eigenvalue weighted by Gasteiger charge is 2.33. The molecule has 8 nitrogen and oxygen atoms in total. The lowest BCUT2D eigenvalue weighted by molar-refractivity contribution is -0.385. The molecule has 2 aliphatic rings. The van der Waals surface area contributed by atoms with Gasteiger partial charge in [0.25, 0.3) is 11.4 Å². The Morgan fingerprint density at radius 2 is 1.12 bits per heavy atom. The van der Waals surface area contributed by atoms with Crippen LogP contribution in [0, 0.1) is 20.2 Å². The average molecular weight is 549 g/mol. The van der Waals surface area contributed by atoms with Gasteiger partial charge < -0.3 is 0 Å². The largest absolute Gasteiger partial charge is 0.289 e. The van der Waals surface area contributed by atoms with Crippen LogP contribution >= 0.6 is 0 Å². The van der Waals surface area contributed by atoms with Crippen molar-refractivity contribution in [2.24, 2.45) is 0 Å². The predicted molar refractivity (Wildman–Crippen MR) is 158 cm³/mol. The van der Waals surface area contributed by atoms with Crippen molar-refractivity contribution in [1.82, 2.24) is 0 Å². The molecule has 0 unspecified atom stereocenters. The first-order chi connectivity index (χ1) is 20.3. The predicted octanol–water partition coefficient (Wildman–Crippen LogP) is 7.90. The van der Waals surface area contributed by atoms with Crippen molar-refractivity contribution in [2.45, 2.75) is 0 Å². The number of hydrogen-bond donors (Lipinski definition) is 0. The SMILES string of the molecule is O=C1c2ccc([N+](=O)[O-])cc2-c2cc(-c3cc4c5c(c([N+](=O)[O-])ccc5c3)C(=O)c3ccccc3-4)cc3cccc1c23. The third-order valence-electron chi connectivity index (χ3n) is 8.28. The molecule has 0 aromatic heterocycles. The van der Waals surface area contributed by atoms with Gasteiger partial charge >= 0.3 is 0 Å². The van der Waals surface area contributed by atoms with E-state index in [2.05, 4.69) is 0 Å². The minimum atomic E-state index is -0.526. The second kappa shape index (κ2) is 8.25. The van der Waals surface area contributed by atoms with Gasteiger partial charge in [-0.25, -0.2) is 0 Å². The zero-order valence-corrected chi connectivity index (χ0v) is 21.6. The summed E-state index contributed by atoms with van der Waals surface area (Å²) in [5.41, 5.74) is 5.29. The van der Waals surface area contributed by atoms with E-state index in [4.69, 9.17) is 0 Å². The Hall–Kier alpha value is -6.02. The number of ketones is 2. The number of nitro benzene ring substituents is 2. The number of rotatable bonds is 3. The number of benzene rings is 6. The molecular formula is C34H16N2O6. The topological polar surface area (TPSA) is 120 Å². The van der Waals surface area contributed by atoms with Gasteiger partial charge in [-0.2, -0.15) is 0 Å². The quantitative estimate of drug-likeness (QED) is 0.163. The van der Waals surface area contributed by atoms with Crippen LogP contribution in [0.5, 0.6) is 0 Å². The summed E-state index contributed by atoms with van der Waals surface area (Å²) in [6.45, 7) is 0. The van der Waals surface area contributed by atoms with Crippen LogP contribution in [-0.4, -0.2) is 21.4 Å². The summed E-state index contributed by atoms with van der Waals surface area (Å²) in [5, 5.41) is 26.3. The van der Waals surface area contributed by atoms with Crippen LogP contribution in [0.1, 0.15) is 31.8 Å². The number of hydrogen-bond acceptors (Lipinski definition) is 6. The van der Waals surface area contributed by atoms with Crippen LogP contribution in [0.25, 0.3) is 54.9 Å². The number of nitrogens with zero attached hydrogens (tertiary/aromatic N) is 2. The maximum Gasteiger partial charge on any atom is 0.281 e. The molecule has 0 N–H and O–H groups in total. The molecule has 0 fully saturated rings. The van der Waals surface area contributed by atoms with Crippen molar-refractivity contribution in [3.63, 3.8) is 0 Å². The highest BCUT2D eigenvalue weighted by Crippen LogP contribution is 2.47. The molecule has 42 heavy (non-hydrogen) atoms. The van der Waals surface area contributed by atoms with E-state index in [1.54, 1.807) is 24.3 Å². The molecule has 6 aromatic carbocycles. The minimum Gasteiger partial charge on any atom is -0.289 e. The summed E-state index contributed by atoms with van der Waals surface area (Å²) in [6, 6.07) is 27.6. The Labute approximate surface area is 236 Å². The Kier molecular flexibility index (Phi) is 4.68. The van der Waals surface area contributed by atoms with Gasteiger partial charge in [-0.3, -0.25) is 29.8 Å². The first-order valence-electron chi connectivity index (χ1n) is 13.1. The molecule has 0 aliphatic heterocycles. The van der Waals surface area contributed by atoms with Crippen molar-refractivity contribution in [3.8, 4) is 33.4 Å². The number of non-ortho nitro benzene ring substituents is 1. The Balaban J connectivity index is 1.45. The van der Waals surface area contributed by atoms with Gasteiger partial charge in [0.05, 0.1) is 9.85 Å². The molecule has 198 valence electrons. The molecule has 0 spiro atoms.